The Hall–Kier alpha value is -0.620. The van der Waals surface area contributed by atoms with Crippen LogP contribution in [0.15, 0.2) is 0 Å². The predicted molar refractivity (Wildman–Crippen MR) is 39.1 cm³/mol. The first-order chi connectivity index (χ1) is 5.00. The molecule has 0 aromatic rings. The van der Waals surface area contributed by atoms with Crippen molar-refractivity contribution < 1.29 is 18.3 Å². The minimum Gasteiger partial charge on any atom is -0.383 e. The van der Waals surface area contributed by atoms with Gasteiger partial charge in [-0.2, -0.15) is 0 Å². The third-order valence-corrected chi connectivity index (χ3v) is 1.81. The number of aliphatic hydroxyl groups is 1. The summed E-state index contributed by atoms with van der Waals surface area (Å²) in [6.45, 7) is 3.25. The summed E-state index contributed by atoms with van der Waals surface area (Å²) in [5, 5.41) is 8.82. The van der Waals surface area contributed by atoms with Crippen molar-refractivity contribution >= 4 is 16.8 Å². The monoisotopic (exact) mass is 180 g/mol. The van der Waals surface area contributed by atoms with Crippen LogP contribution in [0.3, 0.4) is 0 Å². The Morgan fingerprint density at radius 3 is 2.45 bits per heavy atom. The van der Waals surface area contributed by atoms with E-state index in [9.17, 15) is 13.2 Å². The van der Waals surface area contributed by atoms with E-state index < -0.39 is 22.9 Å². The molecule has 0 spiro atoms. The molecule has 0 aliphatic carbocycles. The number of hydrogen-bond acceptors (Lipinski definition) is 4. The lowest BCUT2D eigenvalue weighted by molar-refractivity contribution is -0.133. The van der Waals surface area contributed by atoms with Crippen LogP contribution in [-0.2, 0) is 15.7 Å². The van der Waals surface area contributed by atoms with Crippen molar-refractivity contribution in [3.8, 4) is 0 Å². The zero-order valence-electron chi connectivity index (χ0n) is 6.06. The molecule has 0 saturated carbocycles. The van der Waals surface area contributed by atoms with Crippen LogP contribution in [0.25, 0.3) is 0 Å². The van der Waals surface area contributed by atoms with E-state index in [1.165, 1.54) is 0 Å². The smallest absolute Gasteiger partial charge is 0.264 e. The number of hydrogen-bond donors (Lipinski definition) is 2. The van der Waals surface area contributed by atoms with E-state index in [4.69, 9.17) is 5.11 Å². The molecule has 11 heavy (non-hydrogen) atoms. The van der Waals surface area contributed by atoms with Crippen molar-refractivity contribution in [2.45, 2.75) is 12.5 Å². The molecule has 6 heteroatoms. The van der Waals surface area contributed by atoms with E-state index in [0.717, 1.165) is 7.05 Å². The van der Waals surface area contributed by atoms with Crippen LogP contribution in [0.4, 0.5) is 0 Å². The van der Waals surface area contributed by atoms with Gasteiger partial charge in [0.25, 0.3) is 5.91 Å². The van der Waals surface area contributed by atoms with Crippen molar-refractivity contribution in [3.05, 3.63) is 6.92 Å². The lowest BCUT2D eigenvalue weighted by atomic mass is 10.3. The molecule has 0 rings (SSSR count). The third kappa shape index (κ3) is 2.85. The molecule has 0 fully saturated rings. The molecule has 1 unspecified atom stereocenters. The second kappa shape index (κ2) is 4.30. The lowest BCUT2D eigenvalue weighted by Gasteiger charge is -2.12. The van der Waals surface area contributed by atoms with Crippen molar-refractivity contribution in [3.63, 3.8) is 0 Å². The summed E-state index contributed by atoms with van der Waals surface area (Å²) in [4.78, 5) is 10.8. The Balaban J connectivity index is 4.25. The van der Waals surface area contributed by atoms with Gasteiger partial charge < -0.3 is 5.11 Å². The van der Waals surface area contributed by atoms with Crippen molar-refractivity contribution in [1.29, 1.82) is 0 Å². The van der Waals surface area contributed by atoms with Gasteiger partial charge in [0.2, 0.25) is 10.9 Å². The first kappa shape index (κ1) is 10.4. The molecular weight excluding hydrogens is 170 g/mol. The Bertz CT molecular complexity index is 205. The summed E-state index contributed by atoms with van der Waals surface area (Å²) in [5.41, 5.74) is 0. The molecule has 1 atom stereocenters. The molecule has 0 aromatic heterocycles. The Morgan fingerprint density at radius 1 is 1.73 bits per heavy atom. The van der Waals surface area contributed by atoms with Crippen molar-refractivity contribution in [2.24, 2.45) is 0 Å². The van der Waals surface area contributed by atoms with Gasteiger partial charge in [0, 0.05) is 7.05 Å². The number of carbonyl (C=O) groups is 1. The molecular formula is C5H10NO4S. The van der Waals surface area contributed by atoms with Crippen LogP contribution in [0.5, 0.6) is 0 Å². The molecule has 1 amide bonds. The predicted octanol–water partition coefficient (Wildman–Crippen LogP) is -1.44. The highest BCUT2D eigenvalue weighted by atomic mass is 32.2. The summed E-state index contributed by atoms with van der Waals surface area (Å²) < 4.78 is 20.8. The maximum Gasteiger partial charge on any atom is 0.264 e. The summed E-state index contributed by atoms with van der Waals surface area (Å²) in [6.07, 6.45) is -1.36. The van der Waals surface area contributed by atoms with Crippen LogP contribution in [0.2, 0.25) is 0 Å². The number of rotatable bonds is 3. The van der Waals surface area contributed by atoms with Gasteiger partial charge in [-0.1, -0.05) is 6.92 Å². The summed E-state index contributed by atoms with van der Waals surface area (Å²) >= 11 is 0. The van der Waals surface area contributed by atoms with Gasteiger partial charge in [-0.15, -0.1) is 0 Å². The van der Waals surface area contributed by atoms with E-state index in [-0.39, 0.29) is 6.42 Å². The SMILES string of the molecule is [CH2]CC(O)C(=O)N(C)[SH](=O)=O. The minimum atomic E-state index is -2.94. The second-order valence-electron chi connectivity index (χ2n) is 1.90. The topological polar surface area (TPSA) is 74.7 Å². The molecule has 5 nitrogen and oxygen atoms in total. The highest BCUT2D eigenvalue weighted by molar-refractivity contribution is 7.70. The average molecular weight is 180 g/mol. The summed E-state index contributed by atoms with van der Waals surface area (Å²) in [6, 6.07) is 0. The van der Waals surface area contributed by atoms with Gasteiger partial charge in [-0.05, 0) is 6.42 Å². The first-order valence-electron chi connectivity index (χ1n) is 2.90. The Morgan fingerprint density at radius 2 is 2.18 bits per heavy atom. The van der Waals surface area contributed by atoms with Gasteiger partial charge in [0.15, 0.2) is 0 Å². The zero-order chi connectivity index (χ0) is 9.02. The molecule has 1 N–H and O–H groups in total. The average Bonchev–Trinajstić information content (AvgIpc) is 2.00. The molecule has 0 heterocycles. The number of aliphatic hydroxyl groups excluding tert-OH is 1. The van der Waals surface area contributed by atoms with Crippen LogP contribution >= 0.6 is 0 Å². The lowest BCUT2D eigenvalue weighted by Crippen LogP contribution is -2.34. The summed E-state index contributed by atoms with van der Waals surface area (Å²) in [5.74, 6) is -0.851. The normalized spacial score (nSPS) is 13.1. The first-order valence-corrected chi connectivity index (χ1v) is 4.03. The molecule has 1 radical (unpaired) electrons. The van der Waals surface area contributed by atoms with Crippen molar-refractivity contribution in [2.75, 3.05) is 7.05 Å². The van der Waals surface area contributed by atoms with Crippen molar-refractivity contribution in [1.82, 2.24) is 4.31 Å². The molecule has 0 aromatic carbocycles. The number of nitrogens with zero attached hydrogens (tertiary/aromatic N) is 1. The van der Waals surface area contributed by atoms with Crippen LogP contribution in [0.1, 0.15) is 6.42 Å². The van der Waals surface area contributed by atoms with Gasteiger partial charge >= 0.3 is 0 Å². The zero-order valence-corrected chi connectivity index (χ0v) is 6.95. The van der Waals surface area contributed by atoms with Gasteiger partial charge in [-0.3, -0.25) is 4.79 Å². The van der Waals surface area contributed by atoms with Crippen LogP contribution in [-0.4, -0.2) is 36.9 Å². The molecule has 0 bridgehead atoms. The van der Waals surface area contributed by atoms with E-state index in [2.05, 4.69) is 6.92 Å². The maximum absolute atomic E-state index is 10.8. The fourth-order valence-electron chi connectivity index (χ4n) is 0.420. The van der Waals surface area contributed by atoms with Crippen LogP contribution < -0.4 is 0 Å². The third-order valence-electron chi connectivity index (χ3n) is 1.12. The fourth-order valence-corrected chi connectivity index (χ4v) is 0.714. The Kier molecular flexibility index (Phi) is 4.06. The number of amides is 1. The second-order valence-corrected chi connectivity index (χ2v) is 2.98. The largest absolute Gasteiger partial charge is 0.383 e. The van der Waals surface area contributed by atoms with Gasteiger partial charge in [-0.25, -0.2) is 12.7 Å². The molecule has 0 aliphatic heterocycles. The molecule has 65 valence electrons. The fraction of sp³-hybridized carbons (Fsp3) is 0.600. The Labute approximate surface area is 66.7 Å². The summed E-state index contributed by atoms with van der Waals surface area (Å²) in [7, 11) is -1.87. The van der Waals surface area contributed by atoms with Gasteiger partial charge in [0.05, 0.1) is 0 Å². The highest BCUT2D eigenvalue weighted by Gasteiger charge is 2.18. The minimum absolute atomic E-state index is 0.0354. The van der Waals surface area contributed by atoms with Gasteiger partial charge in [0.1, 0.15) is 6.10 Å². The van der Waals surface area contributed by atoms with Crippen LogP contribution in [0, 0.1) is 6.92 Å². The molecule has 0 saturated heterocycles. The standard InChI is InChI=1S/C5H10NO4S/c1-3-4(7)5(8)6(2)11(9)10/h4,7,11H,1,3H2,2H3. The number of carbonyl (C=O) groups excluding carboxylic acids is 1. The van der Waals surface area contributed by atoms with E-state index in [1.807, 2.05) is 0 Å². The van der Waals surface area contributed by atoms with E-state index in [0.29, 0.717) is 4.31 Å². The van der Waals surface area contributed by atoms with E-state index in [1.54, 1.807) is 0 Å². The quantitative estimate of drug-likeness (QED) is 0.521. The number of thiol groups is 1. The maximum atomic E-state index is 10.8. The van der Waals surface area contributed by atoms with E-state index >= 15 is 0 Å². The molecule has 0 aliphatic rings. The highest BCUT2D eigenvalue weighted by Crippen LogP contribution is 1.95. The number of likely N-dealkylation sites (N-methyl/N-ethyl adjacent to an activating group) is 1.